The zero-order chi connectivity index (χ0) is 22.2. The van der Waals surface area contributed by atoms with Gasteiger partial charge in [-0.1, -0.05) is 19.1 Å². The molecule has 0 atom stereocenters. The number of carbonyl (C=O) groups excluding carboxylic acids is 1. The average Bonchev–Trinajstić information content (AvgIpc) is 2.79. The number of morpholine rings is 1. The molecule has 0 bridgehead atoms. The van der Waals surface area contributed by atoms with Crippen LogP contribution in [0.3, 0.4) is 0 Å². The van der Waals surface area contributed by atoms with Crippen LogP contribution in [0.4, 0.5) is 0 Å². The third kappa shape index (κ3) is 5.95. The lowest BCUT2D eigenvalue weighted by Crippen LogP contribution is -2.38. The van der Waals surface area contributed by atoms with Gasteiger partial charge >= 0.3 is 0 Å². The number of methoxy groups -OCH3 is 1. The van der Waals surface area contributed by atoms with Gasteiger partial charge in [-0.15, -0.1) is 0 Å². The summed E-state index contributed by atoms with van der Waals surface area (Å²) in [5.41, 5.74) is 2.74. The van der Waals surface area contributed by atoms with Crippen molar-refractivity contribution < 1.29 is 14.3 Å². The predicted molar refractivity (Wildman–Crippen MR) is 121 cm³/mol. The molecule has 0 radical (unpaired) electrons. The molecule has 3 rings (SSSR count). The van der Waals surface area contributed by atoms with Crippen LogP contribution in [-0.4, -0.2) is 61.9 Å². The molecule has 1 aliphatic rings. The highest BCUT2D eigenvalue weighted by molar-refractivity contribution is 5.95. The molecule has 0 unspecified atom stereocenters. The van der Waals surface area contributed by atoms with E-state index in [2.05, 4.69) is 14.8 Å². The maximum absolute atomic E-state index is 12.9. The first kappa shape index (κ1) is 23.0. The first-order valence-electron chi connectivity index (χ1n) is 11.0. The van der Waals surface area contributed by atoms with Gasteiger partial charge in [0, 0.05) is 43.6 Å². The van der Waals surface area contributed by atoms with Gasteiger partial charge in [0.05, 0.1) is 20.3 Å². The summed E-state index contributed by atoms with van der Waals surface area (Å²) in [6, 6.07) is 9.40. The Bertz CT molecular complexity index is 931. The van der Waals surface area contributed by atoms with E-state index >= 15 is 0 Å². The minimum atomic E-state index is -0.285. The second kappa shape index (κ2) is 11.1. The molecule has 1 saturated heterocycles. The van der Waals surface area contributed by atoms with E-state index in [1.165, 1.54) is 0 Å². The van der Waals surface area contributed by atoms with Crippen LogP contribution in [0.25, 0.3) is 0 Å². The summed E-state index contributed by atoms with van der Waals surface area (Å²) in [5, 5.41) is 2.95. The third-order valence-corrected chi connectivity index (χ3v) is 5.73. The molecule has 1 aromatic heterocycles. The van der Waals surface area contributed by atoms with Gasteiger partial charge in [0.25, 0.3) is 5.91 Å². The number of rotatable bonds is 9. The van der Waals surface area contributed by atoms with E-state index in [1.807, 2.05) is 38.1 Å². The minimum absolute atomic E-state index is 0.217. The number of ether oxygens (including phenoxy) is 2. The van der Waals surface area contributed by atoms with Gasteiger partial charge in [-0.3, -0.25) is 14.5 Å². The monoisotopic (exact) mass is 427 g/mol. The van der Waals surface area contributed by atoms with Gasteiger partial charge in [-0.05, 0) is 44.0 Å². The number of aryl methyl sites for hydroxylation is 1. The minimum Gasteiger partial charge on any atom is -0.497 e. The molecule has 1 amide bonds. The van der Waals surface area contributed by atoms with E-state index in [9.17, 15) is 9.59 Å². The van der Waals surface area contributed by atoms with Crippen molar-refractivity contribution in [1.82, 2.24) is 14.8 Å². The molecule has 7 heteroatoms. The second-order valence-corrected chi connectivity index (χ2v) is 7.82. The summed E-state index contributed by atoms with van der Waals surface area (Å²) < 4.78 is 12.7. The zero-order valence-corrected chi connectivity index (χ0v) is 18.8. The summed E-state index contributed by atoms with van der Waals surface area (Å²) in [7, 11) is 1.64. The van der Waals surface area contributed by atoms with Gasteiger partial charge in [0.15, 0.2) is 5.43 Å². The van der Waals surface area contributed by atoms with Crippen LogP contribution >= 0.6 is 0 Å². The number of carbonyl (C=O) groups is 1. The molecule has 31 heavy (non-hydrogen) atoms. The lowest BCUT2D eigenvalue weighted by atomic mass is 10.1. The van der Waals surface area contributed by atoms with Crippen LogP contribution in [0.5, 0.6) is 5.75 Å². The van der Waals surface area contributed by atoms with Crippen molar-refractivity contribution in [3.05, 3.63) is 63.1 Å². The Hall–Kier alpha value is -2.64. The number of nitrogens with zero attached hydrogens (tertiary/aromatic N) is 2. The highest BCUT2D eigenvalue weighted by Crippen LogP contribution is 2.16. The van der Waals surface area contributed by atoms with Crippen molar-refractivity contribution >= 4 is 5.91 Å². The highest BCUT2D eigenvalue weighted by Gasteiger charge is 2.19. The first-order valence-corrected chi connectivity index (χ1v) is 11.0. The molecule has 2 heterocycles. The third-order valence-electron chi connectivity index (χ3n) is 5.73. The molecule has 1 aliphatic heterocycles. The van der Waals surface area contributed by atoms with E-state index in [4.69, 9.17) is 9.47 Å². The van der Waals surface area contributed by atoms with Gasteiger partial charge in [0.1, 0.15) is 11.3 Å². The maximum Gasteiger partial charge on any atom is 0.257 e. The van der Waals surface area contributed by atoms with Gasteiger partial charge in [-0.25, -0.2) is 0 Å². The van der Waals surface area contributed by atoms with Crippen molar-refractivity contribution in [2.45, 2.75) is 33.2 Å². The lowest BCUT2D eigenvalue weighted by molar-refractivity contribution is 0.0374. The van der Waals surface area contributed by atoms with Crippen LogP contribution in [-0.2, 0) is 17.7 Å². The summed E-state index contributed by atoms with van der Waals surface area (Å²) in [5.74, 6) is 0.514. The van der Waals surface area contributed by atoms with Gasteiger partial charge < -0.3 is 19.4 Å². The average molecular weight is 428 g/mol. The lowest BCUT2D eigenvalue weighted by Gasteiger charge is -2.26. The SMILES string of the molecule is CCc1c(C(=O)NCCCN2CCOCC2)c(=O)cc(C)n1Cc1ccc(OC)cc1. The Morgan fingerprint density at radius 1 is 1.19 bits per heavy atom. The standard InChI is InChI=1S/C24H33N3O4/c1-4-21-23(24(29)25-10-5-11-26-12-14-31-15-13-26)22(28)16-18(2)27(21)17-19-6-8-20(30-3)9-7-19/h6-9,16H,4-5,10-15,17H2,1-3H3,(H,25,29). The Kier molecular flexibility index (Phi) is 8.26. The maximum atomic E-state index is 12.9. The van der Waals surface area contributed by atoms with E-state index < -0.39 is 0 Å². The van der Waals surface area contributed by atoms with Crippen LogP contribution in [0.2, 0.25) is 0 Å². The van der Waals surface area contributed by atoms with Crippen molar-refractivity contribution in [1.29, 1.82) is 0 Å². The van der Waals surface area contributed by atoms with Crippen LogP contribution in [0.1, 0.15) is 40.7 Å². The number of aromatic nitrogens is 1. The molecular weight excluding hydrogens is 394 g/mol. The molecule has 2 aromatic rings. The molecule has 1 N–H and O–H groups in total. The fourth-order valence-corrected chi connectivity index (χ4v) is 3.99. The molecule has 7 nitrogen and oxygen atoms in total. The van der Waals surface area contributed by atoms with Crippen molar-refractivity contribution in [3.63, 3.8) is 0 Å². The fraction of sp³-hybridized carbons (Fsp3) is 0.500. The quantitative estimate of drug-likeness (QED) is 0.622. The van der Waals surface area contributed by atoms with Crippen LogP contribution < -0.4 is 15.5 Å². The van der Waals surface area contributed by atoms with Crippen molar-refractivity contribution in [2.24, 2.45) is 0 Å². The molecular formula is C24H33N3O4. The molecule has 1 fully saturated rings. The predicted octanol–water partition coefficient (Wildman–Crippen LogP) is 2.23. The van der Waals surface area contributed by atoms with Crippen molar-refractivity contribution in [3.8, 4) is 5.75 Å². The smallest absolute Gasteiger partial charge is 0.257 e. The van der Waals surface area contributed by atoms with E-state index in [0.29, 0.717) is 19.5 Å². The molecule has 0 aliphatic carbocycles. The Morgan fingerprint density at radius 2 is 1.90 bits per heavy atom. The molecule has 168 valence electrons. The summed E-state index contributed by atoms with van der Waals surface area (Å²) in [6.07, 6.45) is 1.45. The van der Waals surface area contributed by atoms with E-state index in [1.54, 1.807) is 13.2 Å². The number of nitrogens with one attached hydrogen (secondary N) is 1. The van der Waals surface area contributed by atoms with E-state index in [-0.39, 0.29) is 16.9 Å². The number of hydrogen-bond acceptors (Lipinski definition) is 5. The number of amides is 1. The van der Waals surface area contributed by atoms with Crippen LogP contribution in [0.15, 0.2) is 35.1 Å². The summed E-state index contributed by atoms with van der Waals surface area (Å²) in [6.45, 7) is 9.35. The van der Waals surface area contributed by atoms with E-state index in [0.717, 1.165) is 62.0 Å². The Balaban J connectivity index is 1.71. The van der Waals surface area contributed by atoms with Crippen LogP contribution in [0, 0.1) is 6.92 Å². The summed E-state index contributed by atoms with van der Waals surface area (Å²) >= 11 is 0. The second-order valence-electron chi connectivity index (χ2n) is 7.82. The number of pyridine rings is 1. The molecule has 0 saturated carbocycles. The van der Waals surface area contributed by atoms with Crippen molar-refractivity contribution in [2.75, 3.05) is 46.5 Å². The largest absolute Gasteiger partial charge is 0.497 e. The molecule has 1 aromatic carbocycles. The normalized spacial score (nSPS) is 14.4. The molecule has 0 spiro atoms. The Labute approximate surface area is 184 Å². The topological polar surface area (TPSA) is 72.8 Å². The zero-order valence-electron chi connectivity index (χ0n) is 18.8. The number of hydrogen-bond donors (Lipinski definition) is 1. The van der Waals surface area contributed by atoms with Gasteiger partial charge in [0.2, 0.25) is 0 Å². The summed E-state index contributed by atoms with van der Waals surface area (Å²) in [4.78, 5) is 28.0. The Morgan fingerprint density at radius 3 is 2.55 bits per heavy atom. The number of benzene rings is 1. The highest BCUT2D eigenvalue weighted by atomic mass is 16.5. The fourth-order valence-electron chi connectivity index (χ4n) is 3.99. The van der Waals surface area contributed by atoms with Gasteiger partial charge in [-0.2, -0.15) is 0 Å². The first-order chi connectivity index (χ1) is 15.0.